The number of fused-ring (bicyclic) bond motifs is 1. The fourth-order valence-corrected chi connectivity index (χ4v) is 6.28. The first kappa shape index (κ1) is 24.3. The molecule has 0 atom stereocenters. The maximum atomic E-state index is 13.2. The number of nitrogens with one attached hydrogen (secondary N) is 1. The van der Waals surface area contributed by atoms with Gasteiger partial charge in [-0.1, -0.05) is 20.3 Å². The van der Waals surface area contributed by atoms with Crippen LogP contribution in [0.15, 0.2) is 45.9 Å². The summed E-state index contributed by atoms with van der Waals surface area (Å²) in [6, 6.07) is 8.82. The number of benzene rings is 2. The molecule has 1 aromatic heterocycles. The summed E-state index contributed by atoms with van der Waals surface area (Å²) >= 11 is 0. The minimum atomic E-state index is -3.72. The number of amides is 1. The molecule has 7 nitrogen and oxygen atoms in total. The number of carbonyl (C=O) groups is 1. The van der Waals surface area contributed by atoms with E-state index in [4.69, 9.17) is 9.15 Å². The van der Waals surface area contributed by atoms with Crippen LogP contribution in [0.1, 0.15) is 55.7 Å². The molecule has 2 heterocycles. The van der Waals surface area contributed by atoms with E-state index in [2.05, 4.69) is 32.2 Å². The van der Waals surface area contributed by atoms with Gasteiger partial charge in [-0.15, -0.1) is 0 Å². The minimum Gasteiger partial charge on any atom is -0.495 e. The molecule has 2 aromatic carbocycles. The van der Waals surface area contributed by atoms with Crippen LogP contribution >= 0.6 is 0 Å². The summed E-state index contributed by atoms with van der Waals surface area (Å²) in [6.07, 6.45) is 4.45. The lowest BCUT2D eigenvalue weighted by Gasteiger charge is -2.26. The fourth-order valence-electron chi connectivity index (χ4n) is 4.58. The van der Waals surface area contributed by atoms with Gasteiger partial charge in [-0.25, -0.2) is 8.42 Å². The van der Waals surface area contributed by atoms with E-state index in [1.54, 1.807) is 18.4 Å². The lowest BCUT2D eigenvalue weighted by molar-refractivity contribution is -0.115. The van der Waals surface area contributed by atoms with Crippen molar-refractivity contribution < 1.29 is 22.4 Å². The van der Waals surface area contributed by atoms with Crippen molar-refractivity contribution in [1.29, 1.82) is 0 Å². The Kier molecular flexibility index (Phi) is 7.00. The normalized spacial score (nSPS) is 15.1. The van der Waals surface area contributed by atoms with E-state index in [1.165, 1.54) is 23.0 Å². The van der Waals surface area contributed by atoms with E-state index < -0.39 is 10.0 Å². The highest BCUT2D eigenvalue weighted by molar-refractivity contribution is 7.89. The van der Waals surface area contributed by atoms with Crippen LogP contribution in [0.4, 0.5) is 5.69 Å². The maximum Gasteiger partial charge on any atom is 0.246 e. The average Bonchev–Trinajstić information content (AvgIpc) is 3.19. The second-order valence-corrected chi connectivity index (χ2v) is 11.1. The predicted molar refractivity (Wildman–Crippen MR) is 133 cm³/mol. The van der Waals surface area contributed by atoms with E-state index in [0.717, 1.165) is 41.4 Å². The maximum absolute atomic E-state index is 13.2. The quantitative estimate of drug-likeness (QED) is 0.496. The monoisotopic (exact) mass is 484 g/mol. The Labute approximate surface area is 201 Å². The molecule has 1 amide bonds. The molecule has 1 saturated heterocycles. The third-order valence-electron chi connectivity index (χ3n) is 6.40. The second kappa shape index (κ2) is 9.80. The molecule has 1 N–H and O–H groups in total. The molecule has 8 heteroatoms. The Morgan fingerprint density at radius 3 is 2.56 bits per heavy atom. The number of aryl methyl sites for hydroxylation is 1. The first-order valence-corrected chi connectivity index (χ1v) is 13.1. The Balaban J connectivity index is 1.57. The topological polar surface area (TPSA) is 88.8 Å². The number of carbonyl (C=O) groups excluding carboxylic acids is 1. The third-order valence-corrected chi connectivity index (χ3v) is 8.32. The molecule has 0 spiro atoms. The van der Waals surface area contributed by atoms with E-state index in [0.29, 0.717) is 24.7 Å². The number of furan rings is 1. The fraction of sp³-hybridized carbons (Fsp3) is 0.423. The van der Waals surface area contributed by atoms with E-state index >= 15 is 0 Å². The highest BCUT2D eigenvalue weighted by Crippen LogP contribution is 2.32. The van der Waals surface area contributed by atoms with Gasteiger partial charge in [-0.3, -0.25) is 4.79 Å². The summed E-state index contributed by atoms with van der Waals surface area (Å²) in [5.41, 5.74) is 4.34. The summed E-state index contributed by atoms with van der Waals surface area (Å²) in [7, 11) is -2.27. The number of ether oxygens (including phenoxy) is 1. The van der Waals surface area contributed by atoms with Gasteiger partial charge in [0.05, 0.1) is 19.8 Å². The predicted octanol–water partition coefficient (Wildman–Crippen LogP) is 5.23. The number of nitrogens with zero attached hydrogens (tertiary/aromatic N) is 1. The van der Waals surface area contributed by atoms with Crippen LogP contribution in [0.25, 0.3) is 11.0 Å². The molecule has 1 fully saturated rings. The molecule has 0 radical (unpaired) electrons. The van der Waals surface area contributed by atoms with Crippen molar-refractivity contribution in [2.24, 2.45) is 0 Å². The first-order chi connectivity index (χ1) is 16.2. The number of piperidine rings is 1. The Morgan fingerprint density at radius 1 is 1.15 bits per heavy atom. The van der Waals surface area contributed by atoms with Crippen molar-refractivity contribution in [2.75, 3.05) is 25.5 Å². The van der Waals surface area contributed by atoms with E-state index in [-0.39, 0.29) is 23.0 Å². The largest absolute Gasteiger partial charge is 0.495 e. The highest BCUT2D eigenvalue weighted by Gasteiger charge is 2.29. The van der Waals surface area contributed by atoms with Crippen molar-refractivity contribution in [3.05, 3.63) is 53.3 Å². The van der Waals surface area contributed by atoms with Crippen LogP contribution < -0.4 is 10.1 Å². The lowest BCUT2D eigenvalue weighted by atomic mass is 9.95. The zero-order chi connectivity index (χ0) is 24.5. The summed E-state index contributed by atoms with van der Waals surface area (Å²) in [5, 5.41) is 3.76. The summed E-state index contributed by atoms with van der Waals surface area (Å²) in [4.78, 5) is 13.0. The zero-order valence-electron chi connectivity index (χ0n) is 20.2. The van der Waals surface area contributed by atoms with E-state index in [1.807, 2.05) is 6.07 Å². The Bertz CT molecular complexity index is 1300. The smallest absolute Gasteiger partial charge is 0.246 e. The van der Waals surface area contributed by atoms with Crippen LogP contribution in [0.5, 0.6) is 5.75 Å². The lowest BCUT2D eigenvalue weighted by Crippen LogP contribution is -2.35. The molecule has 34 heavy (non-hydrogen) atoms. The molecular weight excluding hydrogens is 452 g/mol. The van der Waals surface area contributed by atoms with Crippen LogP contribution in [0, 0.1) is 6.92 Å². The van der Waals surface area contributed by atoms with Crippen molar-refractivity contribution in [3.8, 4) is 5.75 Å². The number of hydrogen-bond acceptors (Lipinski definition) is 5. The van der Waals surface area contributed by atoms with Gasteiger partial charge in [-0.2, -0.15) is 4.31 Å². The van der Waals surface area contributed by atoms with Crippen molar-refractivity contribution in [2.45, 2.75) is 57.3 Å². The second-order valence-electron chi connectivity index (χ2n) is 9.18. The summed E-state index contributed by atoms with van der Waals surface area (Å²) < 4.78 is 39.0. The first-order valence-electron chi connectivity index (χ1n) is 11.7. The molecule has 0 unspecified atom stereocenters. The molecular formula is C26H32N2O5S. The van der Waals surface area contributed by atoms with Gasteiger partial charge in [-0.05, 0) is 67.1 Å². The van der Waals surface area contributed by atoms with Crippen LogP contribution in [0.2, 0.25) is 0 Å². The van der Waals surface area contributed by atoms with Gasteiger partial charge >= 0.3 is 0 Å². The van der Waals surface area contributed by atoms with Gasteiger partial charge in [0.15, 0.2) is 0 Å². The molecule has 0 saturated carbocycles. The molecule has 1 aliphatic rings. The number of sulfonamides is 1. The Morgan fingerprint density at radius 2 is 1.88 bits per heavy atom. The molecule has 0 aliphatic carbocycles. The number of hydrogen-bond donors (Lipinski definition) is 1. The van der Waals surface area contributed by atoms with Crippen molar-refractivity contribution in [3.63, 3.8) is 0 Å². The minimum absolute atomic E-state index is 0.0699. The molecule has 3 aromatic rings. The molecule has 4 rings (SSSR count). The van der Waals surface area contributed by atoms with Crippen molar-refractivity contribution >= 4 is 32.6 Å². The Hall–Kier alpha value is -2.84. The SMILES string of the molecule is COc1ccc(NC(=O)Cc2coc3cc(C)c(C(C)C)cc23)cc1S(=O)(=O)N1CCCCC1. The standard InChI is InChI=1S/C26H32N2O5S/c1-17(2)21-15-22-19(16-33-24(22)12-18(21)3)13-26(29)27-20-8-9-23(32-4)25(14-20)34(30,31)28-10-6-5-7-11-28/h8-9,12,14-17H,5-7,10-11,13H2,1-4H3,(H,27,29). The summed E-state index contributed by atoms with van der Waals surface area (Å²) in [6.45, 7) is 7.32. The summed E-state index contributed by atoms with van der Waals surface area (Å²) in [5.74, 6) is 0.377. The van der Waals surface area contributed by atoms with Gasteiger partial charge in [0.2, 0.25) is 15.9 Å². The van der Waals surface area contributed by atoms with Crippen LogP contribution in [-0.4, -0.2) is 38.8 Å². The zero-order valence-corrected chi connectivity index (χ0v) is 21.0. The molecule has 182 valence electrons. The number of anilines is 1. The van der Waals surface area contributed by atoms with Crippen LogP contribution in [0.3, 0.4) is 0 Å². The van der Waals surface area contributed by atoms with Gasteiger partial charge < -0.3 is 14.5 Å². The van der Waals surface area contributed by atoms with Gasteiger partial charge in [0, 0.05) is 29.7 Å². The van der Waals surface area contributed by atoms with Gasteiger partial charge in [0.25, 0.3) is 0 Å². The highest BCUT2D eigenvalue weighted by atomic mass is 32.2. The molecule has 1 aliphatic heterocycles. The number of rotatable bonds is 7. The molecule has 0 bridgehead atoms. The average molecular weight is 485 g/mol. The third kappa shape index (κ3) is 4.83. The van der Waals surface area contributed by atoms with Gasteiger partial charge in [0.1, 0.15) is 16.2 Å². The van der Waals surface area contributed by atoms with Crippen molar-refractivity contribution in [1.82, 2.24) is 4.31 Å². The van der Waals surface area contributed by atoms with E-state index in [9.17, 15) is 13.2 Å². The number of methoxy groups -OCH3 is 1. The van der Waals surface area contributed by atoms with Crippen LogP contribution in [-0.2, 0) is 21.2 Å².